The van der Waals surface area contributed by atoms with Crippen molar-refractivity contribution in [1.82, 2.24) is 4.90 Å². The highest BCUT2D eigenvalue weighted by Crippen LogP contribution is 2.50. The summed E-state index contributed by atoms with van der Waals surface area (Å²) in [5, 5.41) is 14.0. The van der Waals surface area contributed by atoms with Crippen molar-refractivity contribution in [2.75, 3.05) is 13.1 Å². The third kappa shape index (κ3) is 2.40. The number of aromatic nitrogens is 1. The lowest BCUT2D eigenvalue weighted by molar-refractivity contribution is -0.617. The summed E-state index contributed by atoms with van der Waals surface area (Å²) in [5.74, 6) is -1.17. The van der Waals surface area contributed by atoms with Crippen LogP contribution in [0.2, 0.25) is 0 Å². The van der Waals surface area contributed by atoms with Crippen molar-refractivity contribution < 1.29 is 29.1 Å². The SMILES string of the molecule is O=C1C=CCC2[C@H](N3CCC3)c3o[nH+]c(OCc4ccccc4)c3C(=O)[C@@]12O. The summed E-state index contributed by atoms with van der Waals surface area (Å²) in [6.07, 6.45) is 4.51. The number of allylic oxidation sites excluding steroid dienone is 1. The van der Waals surface area contributed by atoms with Gasteiger partial charge in [0.05, 0.1) is 6.04 Å². The van der Waals surface area contributed by atoms with E-state index in [1.165, 1.54) is 6.08 Å². The Bertz CT molecular complexity index is 962. The highest BCUT2D eigenvalue weighted by atomic mass is 16.5. The maximum Gasteiger partial charge on any atom is 0.424 e. The Labute approximate surface area is 161 Å². The molecule has 5 rings (SSSR count). The number of nitrogens with one attached hydrogen (secondary N) is 1. The van der Waals surface area contributed by atoms with Gasteiger partial charge in [-0.1, -0.05) is 36.4 Å². The van der Waals surface area contributed by atoms with Crippen molar-refractivity contribution in [3.8, 4) is 5.88 Å². The Kier molecular flexibility index (Phi) is 3.96. The van der Waals surface area contributed by atoms with Crippen molar-refractivity contribution >= 4 is 11.6 Å². The van der Waals surface area contributed by atoms with Gasteiger partial charge in [0, 0.05) is 24.2 Å². The van der Waals surface area contributed by atoms with Crippen molar-refractivity contribution in [3.05, 3.63) is 59.4 Å². The van der Waals surface area contributed by atoms with E-state index in [0.717, 1.165) is 25.1 Å². The van der Waals surface area contributed by atoms with E-state index < -0.39 is 23.1 Å². The number of Topliss-reactive ketones (excluding diaryl/α,β-unsaturated/α-hetero) is 1. The van der Waals surface area contributed by atoms with E-state index in [9.17, 15) is 14.7 Å². The summed E-state index contributed by atoms with van der Waals surface area (Å²) < 4.78 is 11.5. The van der Waals surface area contributed by atoms with Crippen LogP contribution in [0.3, 0.4) is 0 Å². The summed E-state index contributed by atoms with van der Waals surface area (Å²) in [6.45, 7) is 1.91. The van der Waals surface area contributed by atoms with Crippen LogP contribution in [0.1, 0.15) is 40.6 Å². The van der Waals surface area contributed by atoms with Crippen LogP contribution in [-0.2, 0) is 11.4 Å². The van der Waals surface area contributed by atoms with Crippen LogP contribution in [0, 0.1) is 5.92 Å². The van der Waals surface area contributed by atoms with Gasteiger partial charge in [-0.05, 0) is 24.5 Å². The van der Waals surface area contributed by atoms with Crippen LogP contribution >= 0.6 is 0 Å². The molecule has 144 valence electrons. The summed E-state index contributed by atoms with van der Waals surface area (Å²) in [4.78, 5) is 28.0. The predicted molar refractivity (Wildman–Crippen MR) is 96.5 cm³/mol. The molecular formula is C21H21N2O5+. The largest absolute Gasteiger partial charge is 0.436 e. The van der Waals surface area contributed by atoms with Crippen molar-refractivity contribution in [1.29, 1.82) is 0 Å². The average Bonchev–Trinajstić information content (AvgIpc) is 3.09. The number of likely N-dealkylation sites (tertiary alicyclic amines) is 1. The minimum absolute atomic E-state index is 0.148. The van der Waals surface area contributed by atoms with Gasteiger partial charge in [-0.15, -0.1) is 0 Å². The quantitative estimate of drug-likeness (QED) is 0.807. The highest BCUT2D eigenvalue weighted by Gasteiger charge is 2.63. The normalized spacial score (nSPS) is 29.2. The second-order valence-corrected chi connectivity index (χ2v) is 7.59. The number of rotatable bonds is 4. The second-order valence-electron chi connectivity index (χ2n) is 7.59. The molecule has 0 bridgehead atoms. The number of carbonyl (C=O) groups is 2. The van der Waals surface area contributed by atoms with E-state index in [1.54, 1.807) is 6.08 Å². The van der Waals surface area contributed by atoms with Crippen molar-refractivity contribution in [2.24, 2.45) is 5.92 Å². The third-order valence-electron chi connectivity index (χ3n) is 6.03. The zero-order valence-corrected chi connectivity index (χ0v) is 15.3. The third-order valence-corrected chi connectivity index (χ3v) is 6.03. The fourth-order valence-corrected chi connectivity index (χ4v) is 4.42. The van der Waals surface area contributed by atoms with Gasteiger partial charge >= 0.3 is 5.88 Å². The number of hydrogen-bond donors (Lipinski definition) is 1. The first-order chi connectivity index (χ1) is 13.6. The zero-order chi connectivity index (χ0) is 19.3. The molecule has 3 aliphatic rings. The lowest BCUT2D eigenvalue weighted by Crippen LogP contribution is -2.61. The Hall–Kier alpha value is -2.77. The molecule has 2 aromatic rings. The van der Waals surface area contributed by atoms with E-state index in [4.69, 9.17) is 9.26 Å². The van der Waals surface area contributed by atoms with Gasteiger partial charge in [-0.2, -0.15) is 0 Å². The van der Waals surface area contributed by atoms with Crippen LogP contribution in [0.25, 0.3) is 0 Å². The summed E-state index contributed by atoms with van der Waals surface area (Å²) in [6, 6.07) is 9.20. The van der Waals surface area contributed by atoms with Gasteiger partial charge < -0.3 is 9.84 Å². The molecule has 1 saturated heterocycles. The molecule has 0 saturated carbocycles. The van der Waals surface area contributed by atoms with Gasteiger partial charge in [0.25, 0.3) is 0 Å². The van der Waals surface area contributed by atoms with E-state index in [1.807, 2.05) is 30.3 Å². The minimum Gasteiger partial charge on any atom is -0.436 e. The molecular weight excluding hydrogens is 360 g/mol. The Morgan fingerprint density at radius 1 is 1.25 bits per heavy atom. The van der Waals surface area contributed by atoms with Crippen LogP contribution in [-0.4, -0.2) is 40.3 Å². The second kappa shape index (κ2) is 6.39. The first-order valence-electron chi connectivity index (χ1n) is 9.54. The molecule has 2 aliphatic carbocycles. The lowest BCUT2D eigenvalue weighted by Gasteiger charge is -2.47. The molecule has 2 heterocycles. The van der Waals surface area contributed by atoms with Gasteiger partial charge in [0.2, 0.25) is 11.5 Å². The molecule has 28 heavy (non-hydrogen) atoms. The number of aliphatic hydroxyl groups is 1. The lowest BCUT2D eigenvalue weighted by atomic mass is 9.64. The number of ether oxygens (including phenoxy) is 1. The average molecular weight is 381 g/mol. The summed E-state index contributed by atoms with van der Waals surface area (Å²) in [5.41, 5.74) is -0.998. The number of carbonyl (C=O) groups excluding carboxylic acids is 2. The number of ketones is 2. The maximum absolute atomic E-state index is 13.3. The van der Waals surface area contributed by atoms with Crippen molar-refractivity contribution in [2.45, 2.75) is 31.1 Å². The molecule has 2 N–H and O–H groups in total. The summed E-state index contributed by atoms with van der Waals surface area (Å²) >= 11 is 0. The van der Waals surface area contributed by atoms with E-state index in [0.29, 0.717) is 12.2 Å². The fraction of sp³-hybridized carbons (Fsp3) is 0.381. The van der Waals surface area contributed by atoms with E-state index >= 15 is 0 Å². The van der Waals surface area contributed by atoms with Crippen molar-refractivity contribution in [3.63, 3.8) is 0 Å². The number of fused-ring (bicyclic) bond motifs is 2. The standard InChI is InChI=1S/C21H20N2O5/c24-15-9-4-8-14-17(23-10-5-11-23)18-16(19(25)21(14,15)26)20(22-28-18)27-12-13-6-2-1-3-7-13/h1-4,6-7,9,14,17,26H,5,8,10-12H2/p+1/t14?,17-,21-/m0/s1. The Morgan fingerprint density at radius 3 is 2.75 bits per heavy atom. The number of hydrogen-bond acceptors (Lipinski definition) is 6. The molecule has 1 aromatic carbocycles. The van der Waals surface area contributed by atoms with E-state index in [-0.39, 0.29) is 24.1 Å². The Balaban J connectivity index is 1.55. The molecule has 3 atom stereocenters. The topological polar surface area (TPSA) is 94.1 Å². The molecule has 1 fully saturated rings. The highest BCUT2D eigenvalue weighted by molar-refractivity contribution is 6.23. The van der Waals surface area contributed by atoms with E-state index in [2.05, 4.69) is 10.1 Å². The fourth-order valence-electron chi connectivity index (χ4n) is 4.42. The van der Waals surface area contributed by atoms with Crippen LogP contribution in [0.15, 0.2) is 47.0 Å². The summed E-state index contributed by atoms with van der Waals surface area (Å²) in [7, 11) is 0. The van der Waals surface area contributed by atoms with Gasteiger partial charge in [0.15, 0.2) is 16.9 Å². The first-order valence-corrected chi connectivity index (χ1v) is 9.54. The first kappa shape index (κ1) is 17.3. The van der Waals surface area contributed by atoms with Crippen LogP contribution in [0.5, 0.6) is 5.88 Å². The number of aromatic amines is 1. The van der Waals surface area contributed by atoms with Crippen LogP contribution < -0.4 is 9.89 Å². The molecule has 1 aromatic heterocycles. The number of nitrogens with zero attached hydrogens (tertiary/aromatic N) is 1. The minimum atomic E-state index is -2.08. The van der Waals surface area contributed by atoms with Crippen LogP contribution in [0.4, 0.5) is 0 Å². The number of H-pyrrole nitrogens is 1. The zero-order valence-electron chi connectivity index (χ0n) is 15.3. The Morgan fingerprint density at radius 2 is 2.04 bits per heavy atom. The molecule has 1 unspecified atom stereocenters. The number of benzene rings is 1. The van der Waals surface area contributed by atoms with Gasteiger partial charge in [-0.25, -0.2) is 4.52 Å². The maximum atomic E-state index is 13.3. The van der Waals surface area contributed by atoms with Gasteiger partial charge in [0.1, 0.15) is 6.61 Å². The molecule has 0 amide bonds. The molecule has 0 spiro atoms. The molecule has 1 aliphatic heterocycles. The van der Waals surface area contributed by atoms with Gasteiger partial charge in [-0.3, -0.25) is 14.5 Å². The molecule has 0 radical (unpaired) electrons. The predicted octanol–water partition coefficient (Wildman–Crippen LogP) is 1.49. The smallest absolute Gasteiger partial charge is 0.424 e. The monoisotopic (exact) mass is 381 g/mol. The molecule has 7 heteroatoms. The molecule has 7 nitrogen and oxygen atoms in total.